The minimum atomic E-state index is -4.38. The lowest BCUT2D eigenvalue weighted by molar-refractivity contribution is -0.137. The second-order valence-electron chi connectivity index (χ2n) is 4.85. The maximum absolute atomic E-state index is 14.6. The fraction of sp³-hybridized carbons (Fsp3) is 0.571. The first-order chi connectivity index (χ1) is 9.30. The molecule has 0 amide bonds. The van der Waals surface area contributed by atoms with Gasteiger partial charge in [-0.2, -0.15) is 13.2 Å². The van der Waals surface area contributed by atoms with Gasteiger partial charge in [-0.25, -0.2) is 4.39 Å². The van der Waals surface area contributed by atoms with Crippen LogP contribution in [0.15, 0.2) is 24.3 Å². The number of nitrogens with two attached hydrogens (primary N) is 1. The first-order valence-corrected chi connectivity index (χ1v) is 6.35. The highest BCUT2D eigenvalue weighted by Crippen LogP contribution is 2.30. The van der Waals surface area contributed by atoms with E-state index in [2.05, 4.69) is 0 Å². The van der Waals surface area contributed by atoms with E-state index in [1.807, 2.05) is 0 Å². The van der Waals surface area contributed by atoms with Crippen molar-refractivity contribution in [2.24, 2.45) is 5.73 Å². The van der Waals surface area contributed by atoms with Gasteiger partial charge in [0.1, 0.15) is 5.67 Å². The molecule has 1 rings (SSSR count). The van der Waals surface area contributed by atoms with Crippen molar-refractivity contribution in [2.45, 2.75) is 31.1 Å². The minimum absolute atomic E-state index is 0.0129. The van der Waals surface area contributed by atoms with Crippen molar-refractivity contribution in [1.29, 1.82) is 0 Å². The standard InChI is InChI=1S/C14H19F4NO/c1-20-10-13(15,7-2-8-19)9-11-3-5-12(6-4-11)14(16,17)18/h3-6H,2,7-10,19H2,1H3. The zero-order valence-electron chi connectivity index (χ0n) is 11.3. The predicted molar refractivity (Wildman–Crippen MR) is 69.2 cm³/mol. The third-order valence-corrected chi connectivity index (χ3v) is 3.03. The van der Waals surface area contributed by atoms with E-state index in [9.17, 15) is 17.6 Å². The van der Waals surface area contributed by atoms with Crippen LogP contribution < -0.4 is 5.73 Å². The second kappa shape index (κ2) is 7.04. The number of hydrogen-bond acceptors (Lipinski definition) is 2. The summed E-state index contributed by atoms with van der Waals surface area (Å²) in [5, 5.41) is 0. The molecule has 0 saturated carbocycles. The van der Waals surface area contributed by atoms with Crippen molar-refractivity contribution in [3.63, 3.8) is 0 Å². The lowest BCUT2D eigenvalue weighted by Crippen LogP contribution is -2.32. The highest BCUT2D eigenvalue weighted by Gasteiger charge is 2.32. The Bertz CT molecular complexity index is 405. The summed E-state index contributed by atoms with van der Waals surface area (Å²) in [6, 6.07) is 4.53. The van der Waals surface area contributed by atoms with E-state index in [1.165, 1.54) is 19.2 Å². The summed E-state index contributed by atoms with van der Waals surface area (Å²) in [6.45, 7) is 0.260. The van der Waals surface area contributed by atoms with Crippen molar-refractivity contribution >= 4 is 0 Å². The number of alkyl halides is 4. The Morgan fingerprint density at radius 2 is 1.70 bits per heavy atom. The normalized spacial score (nSPS) is 15.1. The Morgan fingerprint density at radius 3 is 2.15 bits per heavy atom. The van der Waals surface area contributed by atoms with Crippen molar-refractivity contribution in [3.8, 4) is 0 Å². The summed E-state index contributed by atoms with van der Waals surface area (Å²) in [4.78, 5) is 0. The van der Waals surface area contributed by atoms with Crippen molar-refractivity contribution in [1.82, 2.24) is 0 Å². The van der Waals surface area contributed by atoms with Crippen molar-refractivity contribution in [3.05, 3.63) is 35.4 Å². The largest absolute Gasteiger partial charge is 0.416 e. The molecule has 1 unspecified atom stereocenters. The lowest BCUT2D eigenvalue weighted by Gasteiger charge is -2.24. The van der Waals surface area contributed by atoms with Crippen LogP contribution in [0, 0.1) is 0 Å². The molecule has 2 nitrogen and oxygen atoms in total. The van der Waals surface area contributed by atoms with Crippen LogP contribution in [-0.4, -0.2) is 25.9 Å². The number of halogens is 4. The molecule has 0 aromatic heterocycles. The number of ether oxygens (including phenoxy) is 1. The lowest BCUT2D eigenvalue weighted by atomic mass is 9.92. The molecule has 0 aliphatic heterocycles. The second-order valence-corrected chi connectivity index (χ2v) is 4.85. The highest BCUT2D eigenvalue weighted by atomic mass is 19.4. The van der Waals surface area contributed by atoms with E-state index in [-0.39, 0.29) is 19.4 Å². The molecule has 1 aromatic rings. The van der Waals surface area contributed by atoms with E-state index in [0.29, 0.717) is 18.5 Å². The van der Waals surface area contributed by atoms with Crippen molar-refractivity contribution in [2.75, 3.05) is 20.3 Å². The van der Waals surface area contributed by atoms with E-state index >= 15 is 0 Å². The maximum atomic E-state index is 14.6. The van der Waals surface area contributed by atoms with E-state index in [1.54, 1.807) is 0 Å². The quantitative estimate of drug-likeness (QED) is 0.783. The van der Waals surface area contributed by atoms with Gasteiger partial charge >= 0.3 is 6.18 Å². The highest BCUT2D eigenvalue weighted by molar-refractivity contribution is 5.25. The third-order valence-electron chi connectivity index (χ3n) is 3.03. The van der Waals surface area contributed by atoms with Gasteiger partial charge < -0.3 is 10.5 Å². The molecule has 1 aromatic carbocycles. The zero-order valence-corrected chi connectivity index (χ0v) is 11.3. The van der Waals surface area contributed by atoms with E-state index < -0.39 is 17.4 Å². The van der Waals surface area contributed by atoms with Crippen LogP contribution in [0.3, 0.4) is 0 Å². The molecule has 6 heteroatoms. The molecule has 0 heterocycles. The molecule has 2 N–H and O–H groups in total. The monoisotopic (exact) mass is 293 g/mol. The van der Waals surface area contributed by atoms with Gasteiger partial charge in [-0.1, -0.05) is 12.1 Å². The molecule has 0 spiro atoms. The Balaban J connectivity index is 2.78. The van der Waals surface area contributed by atoms with Gasteiger partial charge in [0.15, 0.2) is 0 Å². The molecule has 0 radical (unpaired) electrons. The minimum Gasteiger partial charge on any atom is -0.381 e. The molecule has 0 bridgehead atoms. The molecule has 0 fully saturated rings. The molecule has 0 aliphatic rings. The summed E-state index contributed by atoms with van der Waals surface area (Å²) in [5.74, 6) is 0. The third kappa shape index (κ3) is 5.09. The van der Waals surface area contributed by atoms with Gasteiger partial charge in [0.25, 0.3) is 0 Å². The number of hydrogen-bond donors (Lipinski definition) is 1. The van der Waals surface area contributed by atoms with Crippen LogP contribution >= 0.6 is 0 Å². The summed E-state index contributed by atoms with van der Waals surface area (Å²) < 4.78 is 56.8. The van der Waals surface area contributed by atoms with Gasteiger partial charge in [0.2, 0.25) is 0 Å². The summed E-state index contributed by atoms with van der Waals surface area (Å²) >= 11 is 0. The Kier molecular flexibility index (Phi) is 5.95. The molecule has 20 heavy (non-hydrogen) atoms. The first kappa shape index (κ1) is 16.9. The van der Waals surface area contributed by atoms with Gasteiger partial charge in [-0.15, -0.1) is 0 Å². The number of methoxy groups -OCH3 is 1. The van der Waals surface area contributed by atoms with Crippen LogP contribution in [0.2, 0.25) is 0 Å². The van der Waals surface area contributed by atoms with Crippen molar-refractivity contribution < 1.29 is 22.3 Å². The summed E-state index contributed by atoms with van der Waals surface area (Å²) in [6.07, 6.45) is -3.64. The predicted octanol–water partition coefficient (Wildman–Crippen LogP) is 3.34. The van der Waals surface area contributed by atoms with Crippen LogP contribution in [-0.2, 0) is 17.3 Å². The fourth-order valence-corrected chi connectivity index (χ4v) is 2.07. The Hall–Kier alpha value is -1.14. The van der Waals surface area contributed by atoms with Crippen LogP contribution in [0.25, 0.3) is 0 Å². The molecule has 1 atom stereocenters. The fourth-order valence-electron chi connectivity index (χ4n) is 2.07. The van der Waals surface area contributed by atoms with Crippen LogP contribution in [0.1, 0.15) is 24.0 Å². The van der Waals surface area contributed by atoms with Gasteiger partial charge in [-0.3, -0.25) is 0 Å². The molecule has 0 aliphatic carbocycles. The topological polar surface area (TPSA) is 35.2 Å². The van der Waals surface area contributed by atoms with Gasteiger partial charge in [-0.05, 0) is 37.1 Å². The van der Waals surface area contributed by atoms with Crippen LogP contribution in [0.5, 0.6) is 0 Å². The van der Waals surface area contributed by atoms with Gasteiger partial charge in [0.05, 0.1) is 12.2 Å². The summed E-state index contributed by atoms with van der Waals surface area (Å²) in [5.41, 5.74) is 3.53. The SMILES string of the molecule is COCC(F)(CCCN)Cc1ccc(C(F)(F)F)cc1. The van der Waals surface area contributed by atoms with E-state index in [0.717, 1.165) is 12.1 Å². The Labute approximate surface area is 115 Å². The Morgan fingerprint density at radius 1 is 1.10 bits per heavy atom. The van der Waals surface area contributed by atoms with Gasteiger partial charge in [0, 0.05) is 13.5 Å². The number of benzene rings is 1. The van der Waals surface area contributed by atoms with Crippen LogP contribution in [0.4, 0.5) is 17.6 Å². The maximum Gasteiger partial charge on any atom is 0.416 e. The molecule has 0 saturated heterocycles. The average Bonchev–Trinajstić information content (AvgIpc) is 2.36. The summed E-state index contributed by atoms with van der Waals surface area (Å²) in [7, 11) is 1.39. The molecular weight excluding hydrogens is 274 g/mol. The first-order valence-electron chi connectivity index (χ1n) is 6.35. The molecule has 114 valence electrons. The zero-order chi connectivity index (χ0) is 15.2. The smallest absolute Gasteiger partial charge is 0.381 e. The number of rotatable bonds is 7. The average molecular weight is 293 g/mol. The van der Waals surface area contributed by atoms with E-state index in [4.69, 9.17) is 10.5 Å². The molecular formula is C14H19F4NO.